The van der Waals surface area contributed by atoms with Crippen molar-refractivity contribution < 1.29 is 23.7 Å². The summed E-state index contributed by atoms with van der Waals surface area (Å²) < 4.78 is 34.7. The third-order valence-electron chi connectivity index (χ3n) is 4.04. The van der Waals surface area contributed by atoms with Gasteiger partial charge >= 0.3 is 0 Å². The van der Waals surface area contributed by atoms with Gasteiger partial charge in [-0.05, 0) is 6.42 Å². The minimum absolute atomic E-state index is 0.0995. The average molecular weight is 331 g/mol. The number of nitrogen functional groups attached to an aromatic ring is 1. The SMILES string of the molecule is CC[C@]1(O)[C@H](n2cnc3c(=O)[nH]c(N)nc32)O[C@](F)(CO)[C@H]1F. The second-order valence-electron chi connectivity index (χ2n) is 5.40. The van der Waals surface area contributed by atoms with Crippen LogP contribution in [0.1, 0.15) is 19.6 Å². The van der Waals surface area contributed by atoms with Crippen LogP contribution in [0, 0.1) is 0 Å². The first kappa shape index (κ1) is 15.8. The number of rotatable bonds is 3. The largest absolute Gasteiger partial charge is 0.390 e. The molecule has 2 aromatic heterocycles. The number of fused-ring (bicyclic) bond motifs is 1. The van der Waals surface area contributed by atoms with Crippen LogP contribution in [-0.4, -0.2) is 54.0 Å². The molecule has 0 aromatic carbocycles. The Kier molecular flexibility index (Phi) is 3.39. The molecule has 5 N–H and O–H groups in total. The number of H-pyrrole nitrogens is 1. The summed E-state index contributed by atoms with van der Waals surface area (Å²) in [6.07, 6.45) is -3.25. The summed E-state index contributed by atoms with van der Waals surface area (Å²) in [5.74, 6) is -3.31. The number of halogens is 2. The molecule has 126 valence electrons. The smallest absolute Gasteiger partial charge is 0.280 e. The lowest BCUT2D eigenvalue weighted by Gasteiger charge is -2.29. The van der Waals surface area contributed by atoms with Crippen molar-refractivity contribution in [2.24, 2.45) is 0 Å². The number of nitrogens with two attached hydrogens (primary N) is 1. The Labute approximate surface area is 127 Å². The van der Waals surface area contributed by atoms with Crippen LogP contribution in [-0.2, 0) is 4.74 Å². The highest BCUT2D eigenvalue weighted by molar-refractivity contribution is 5.70. The third kappa shape index (κ3) is 2.04. The standard InChI is InChI=1S/C12H15F2N5O4/c1-2-11(22)8(13)12(14,3-20)23-9(11)19-4-16-5-6(19)17-10(15)18-7(5)21/h4,8-9,20,22H,2-3H2,1H3,(H3,15,17,18,21)/t8-,9+,11+,12+/m0/s1. The Morgan fingerprint density at radius 3 is 2.91 bits per heavy atom. The molecule has 9 nitrogen and oxygen atoms in total. The predicted octanol–water partition coefficient (Wildman–Crippen LogP) is -0.632. The van der Waals surface area contributed by atoms with E-state index in [1.54, 1.807) is 0 Å². The van der Waals surface area contributed by atoms with E-state index < -0.39 is 36.0 Å². The van der Waals surface area contributed by atoms with Crippen molar-refractivity contribution >= 4 is 17.1 Å². The van der Waals surface area contributed by atoms with Crippen LogP contribution in [0.4, 0.5) is 14.7 Å². The fourth-order valence-electron chi connectivity index (χ4n) is 2.73. The van der Waals surface area contributed by atoms with Crippen molar-refractivity contribution in [1.29, 1.82) is 0 Å². The van der Waals surface area contributed by atoms with Crippen LogP contribution in [0.15, 0.2) is 11.1 Å². The summed E-state index contributed by atoms with van der Waals surface area (Å²) in [5.41, 5.74) is 2.30. The Morgan fingerprint density at radius 1 is 1.61 bits per heavy atom. The van der Waals surface area contributed by atoms with Crippen LogP contribution < -0.4 is 11.3 Å². The van der Waals surface area contributed by atoms with Crippen molar-refractivity contribution in [2.75, 3.05) is 12.3 Å². The molecule has 0 aliphatic carbocycles. The number of imidazole rings is 1. The van der Waals surface area contributed by atoms with Crippen LogP contribution in [0.3, 0.4) is 0 Å². The first-order valence-corrected chi connectivity index (χ1v) is 6.83. The van der Waals surface area contributed by atoms with E-state index in [1.807, 2.05) is 0 Å². The topological polar surface area (TPSA) is 139 Å². The molecule has 0 bridgehead atoms. The second-order valence-corrected chi connectivity index (χ2v) is 5.40. The summed E-state index contributed by atoms with van der Waals surface area (Å²) in [6, 6.07) is 0. The van der Waals surface area contributed by atoms with Crippen molar-refractivity contribution in [3.8, 4) is 0 Å². The number of aliphatic hydroxyl groups excluding tert-OH is 1. The molecule has 0 spiro atoms. The lowest BCUT2D eigenvalue weighted by atomic mass is 9.91. The zero-order chi connectivity index (χ0) is 17.0. The van der Waals surface area contributed by atoms with Gasteiger partial charge in [0.05, 0.1) is 6.33 Å². The predicted molar refractivity (Wildman–Crippen MR) is 73.7 cm³/mol. The van der Waals surface area contributed by atoms with Gasteiger partial charge in [0, 0.05) is 0 Å². The fourth-order valence-corrected chi connectivity index (χ4v) is 2.73. The summed E-state index contributed by atoms with van der Waals surface area (Å²) in [4.78, 5) is 21.7. The van der Waals surface area contributed by atoms with Gasteiger partial charge in [-0.25, -0.2) is 13.8 Å². The molecule has 0 saturated carbocycles. The van der Waals surface area contributed by atoms with Gasteiger partial charge in [0.1, 0.15) is 12.2 Å². The zero-order valence-electron chi connectivity index (χ0n) is 12.0. The quantitative estimate of drug-likeness (QED) is 0.587. The molecule has 3 rings (SSSR count). The number of nitrogens with zero attached hydrogens (tertiary/aromatic N) is 3. The van der Waals surface area contributed by atoms with Gasteiger partial charge in [-0.3, -0.25) is 14.3 Å². The molecule has 1 aliphatic rings. The van der Waals surface area contributed by atoms with E-state index in [-0.39, 0.29) is 23.5 Å². The number of ether oxygens (including phenoxy) is 1. The van der Waals surface area contributed by atoms with Gasteiger partial charge < -0.3 is 20.7 Å². The van der Waals surface area contributed by atoms with E-state index in [9.17, 15) is 18.7 Å². The summed E-state index contributed by atoms with van der Waals surface area (Å²) >= 11 is 0. The van der Waals surface area contributed by atoms with E-state index in [2.05, 4.69) is 15.0 Å². The molecular formula is C12H15F2N5O4. The Bertz CT molecular complexity index is 810. The Balaban J connectivity index is 2.20. The van der Waals surface area contributed by atoms with E-state index in [4.69, 9.17) is 15.6 Å². The summed E-state index contributed by atoms with van der Waals surface area (Å²) in [6.45, 7) is 0.148. The third-order valence-corrected chi connectivity index (χ3v) is 4.04. The van der Waals surface area contributed by atoms with Crippen LogP contribution in [0.2, 0.25) is 0 Å². The number of hydrogen-bond donors (Lipinski definition) is 4. The van der Waals surface area contributed by atoms with Gasteiger partial charge in [0.15, 0.2) is 23.6 Å². The Morgan fingerprint density at radius 2 is 2.30 bits per heavy atom. The molecule has 0 amide bonds. The van der Waals surface area contributed by atoms with Gasteiger partial charge in [0.2, 0.25) is 5.95 Å². The molecule has 3 heterocycles. The highest BCUT2D eigenvalue weighted by Crippen LogP contribution is 2.49. The normalized spacial score (nSPS) is 34.3. The lowest BCUT2D eigenvalue weighted by Crippen LogP contribution is -2.47. The average Bonchev–Trinajstić information content (AvgIpc) is 3.01. The molecular weight excluding hydrogens is 316 g/mol. The Hall–Kier alpha value is -2.11. The fraction of sp³-hybridized carbons (Fsp3) is 0.583. The van der Waals surface area contributed by atoms with E-state index in [0.717, 1.165) is 10.9 Å². The molecule has 0 unspecified atom stereocenters. The van der Waals surface area contributed by atoms with Gasteiger partial charge in [-0.2, -0.15) is 4.98 Å². The molecule has 4 atom stereocenters. The molecule has 1 fully saturated rings. The van der Waals surface area contributed by atoms with Crippen molar-refractivity contribution in [3.63, 3.8) is 0 Å². The summed E-state index contributed by atoms with van der Waals surface area (Å²) in [5, 5.41) is 19.6. The zero-order valence-corrected chi connectivity index (χ0v) is 12.0. The first-order valence-electron chi connectivity index (χ1n) is 6.83. The molecule has 1 saturated heterocycles. The highest BCUT2D eigenvalue weighted by atomic mass is 19.2. The van der Waals surface area contributed by atoms with Crippen LogP contribution in [0.5, 0.6) is 0 Å². The number of aromatic nitrogens is 4. The van der Waals surface area contributed by atoms with E-state index >= 15 is 0 Å². The molecule has 11 heteroatoms. The van der Waals surface area contributed by atoms with Gasteiger partial charge in [0.25, 0.3) is 11.4 Å². The number of aromatic amines is 1. The summed E-state index contributed by atoms with van der Waals surface area (Å²) in [7, 11) is 0. The second kappa shape index (κ2) is 4.94. The van der Waals surface area contributed by atoms with Crippen molar-refractivity contribution in [1.82, 2.24) is 19.5 Å². The van der Waals surface area contributed by atoms with E-state index in [0.29, 0.717) is 0 Å². The van der Waals surface area contributed by atoms with Crippen molar-refractivity contribution in [3.05, 3.63) is 16.7 Å². The maximum Gasteiger partial charge on any atom is 0.280 e. The highest BCUT2D eigenvalue weighted by Gasteiger charge is 2.65. The lowest BCUT2D eigenvalue weighted by molar-refractivity contribution is -0.196. The van der Waals surface area contributed by atoms with Gasteiger partial charge in [-0.1, -0.05) is 6.92 Å². The number of anilines is 1. The van der Waals surface area contributed by atoms with Crippen molar-refractivity contribution in [2.45, 2.75) is 37.2 Å². The number of hydrogen-bond acceptors (Lipinski definition) is 7. The molecule has 2 aromatic rings. The van der Waals surface area contributed by atoms with Gasteiger partial charge in [-0.15, -0.1) is 0 Å². The van der Waals surface area contributed by atoms with E-state index in [1.165, 1.54) is 6.92 Å². The molecule has 0 radical (unpaired) electrons. The monoisotopic (exact) mass is 331 g/mol. The molecule has 23 heavy (non-hydrogen) atoms. The maximum absolute atomic E-state index is 14.4. The maximum atomic E-state index is 14.4. The van der Waals surface area contributed by atoms with Crippen LogP contribution >= 0.6 is 0 Å². The first-order chi connectivity index (χ1) is 10.8. The minimum atomic E-state index is -3.08. The van der Waals surface area contributed by atoms with Crippen LogP contribution in [0.25, 0.3) is 11.2 Å². The number of nitrogens with one attached hydrogen (secondary N) is 1. The molecule has 1 aliphatic heterocycles. The minimum Gasteiger partial charge on any atom is -0.390 e. The number of alkyl halides is 2. The number of aliphatic hydroxyl groups is 2.